The molecule has 0 spiro atoms. The Bertz CT molecular complexity index is 968. The Kier molecular flexibility index (Phi) is 5.28. The summed E-state index contributed by atoms with van der Waals surface area (Å²) in [5.41, 5.74) is 9.94. The summed E-state index contributed by atoms with van der Waals surface area (Å²) in [5.74, 6) is 0.436. The van der Waals surface area contributed by atoms with Crippen LogP contribution >= 0.6 is 0 Å². The van der Waals surface area contributed by atoms with Crippen molar-refractivity contribution in [2.75, 3.05) is 11.1 Å². The standard InChI is InChI=1S/C22H23N5O/c23-22-25-14-19(20(27-22)17-9-5-11-24-13-17)16-8-4-10-18(12-16)26-21(28)15-6-2-1-3-7-15/h4-5,8-15H,1-3,6-7H2,(H,26,28)(H2,23,25,27). The molecule has 6 heteroatoms. The van der Waals surface area contributed by atoms with Crippen molar-refractivity contribution in [3.8, 4) is 22.4 Å². The van der Waals surface area contributed by atoms with Gasteiger partial charge in [0.15, 0.2) is 0 Å². The van der Waals surface area contributed by atoms with Gasteiger partial charge in [0.25, 0.3) is 0 Å². The van der Waals surface area contributed by atoms with Crippen molar-refractivity contribution in [1.29, 1.82) is 0 Å². The van der Waals surface area contributed by atoms with Crippen LogP contribution in [-0.2, 0) is 4.79 Å². The van der Waals surface area contributed by atoms with Crippen LogP contribution in [0.15, 0.2) is 55.0 Å². The van der Waals surface area contributed by atoms with E-state index in [1.165, 1.54) is 6.42 Å². The Labute approximate surface area is 164 Å². The van der Waals surface area contributed by atoms with Crippen LogP contribution in [0.4, 0.5) is 11.6 Å². The molecule has 1 saturated carbocycles. The number of anilines is 2. The lowest BCUT2D eigenvalue weighted by atomic mass is 9.88. The number of carbonyl (C=O) groups is 1. The van der Waals surface area contributed by atoms with Gasteiger partial charge in [-0.25, -0.2) is 9.97 Å². The van der Waals surface area contributed by atoms with Gasteiger partial charge >= 0.3 is 0 Å². The van der Waals surface area contributed by atoms with Crippen LogP contribution in [0.5, 0.6) is 0 Å². The molecule has 1 aliphatic carbocycles. The fraction of sp³-hybridized carbons (Fsp3) is 0.273. The lowest BCUT2D eigenvalue weighted by molar-refractivity contribution is -0.120. The fourth-order valence-electron chi connectivity index (χ4n) is 3.70. The largest absolute Gasteiger partial charge is 0.368 e. The van der Waals surface area contributed by atoms with Crippen molar-refractivity contribution in [3.05, 3.63) is 55.0 Å². The highest BCUT2D eigenvalue weighted by Gasteiger charge is 2.21. The van der Waals surface area contributed by atoms with Gasteiger partial charge in [0, 0.05) is 41.3 Å². The molecule has 6 nitrogen and oxygen atoms in total. The maximum absolute atomic E-state index is 12.6. The highest BCUT2D eigenvalue weighted by molar-refractivity contribution is 5.93. The minimum Gasteiger partial charge on any atom is -0.368 e. The first-order chi connectivity index (χ1) is 13.7. The first-order valence-electron chi connectivity index (χ1n) is 9.65. The molecule has 3 N–H and O–H groups in total. The summed E-state index contributed by atoms with van der Waals surface area (Å²) in [7, 11) is 0. The van der Waals surface area contributed by atoms with Crippen molar-refractivity contribution in [3.63, 3.8) is 0 Å². The van der Waals surface area contributed by atoms with E-state index in [0.29, 0.717) is 0 Å². The molecule has 0 radical (unpaired) electrons. The summed E-state index contributed by atoms with van der Waals surface area (Å²) in [5, 5.41) is 3.08. The third kappa shape index (κ3) is 4.01. The maximum Gasteiger partial charge on any atom is 0.227 e. The summed E-state index contributed by atoms with van der Waals surface area (Å²) in [6.45, 7) is 0. The van der Waals surface area contributed by atoms with E-state index >= 15 is 0 Å². The number of pyridine rings is 1. The van der Waals surface area contributed by atoms with E-state index in [-0.39, 0.29) is 17.8 Å². The minimum absolute atomic E-state index is 0.109. The molecule has 1 aromatic carbocycles. The highest BCUT2D eigenvalue weighted by atomic mass is 16.1. The number of amides is 1. The van der Waals surface area contributed by atoms with Gasteiger partial charge in [-0.15, -0.1) is 0 Å². The van der Waals surface area contributed by atoms with Crippen LogP contribution in [0, 0.1) is 5.92 Å². The molecule has 3 aromatic rings. The average molecular weight is 373 g/mol. The van der Waals surface area contributed by atoms with Gasteiger partial charge in [-0.2, -0.15) is 0 Å². The van der Waals surface area contributed by atoms with Crippen LogP contribution in [0.3, 0.4) is 0 Å². The molecule has 2 heterocycles. The van der Waals surface area contributed by atoms with E-state index in [4.69, 9.17) is 5.73 Å². The van der Waals surface area contributed by atoms with E-state index in [1.54, 1.807) is 18.6 Å². The average Bonchev–Trinajstić information content (AvgIpc) is 2.75. The summed E-state index contributed by atoms with van der Waals surface area (Å²) in [6, 6.07) is 11.6. The van der Waals surface area contributed by atoms with Crippen molar-refractivity contribution >= 4 is 17.5 Å². The summed E-state index contributed by atoms with van der Waals surface area (Å²) in [4.78, 5) is 25.4. The Balaban J connectivity index is 1.64. The fourth-order valence-corrected chi connectivity index (χ4v) is 3.70. The predicted octanol–water partition coefficient (Wildman–Crippen LogP) is 4.31. The number of aromatic nitrogens is 3. The van der Waals surface area contributed by atoms with Crippen molar-refractivity contribution in [1.82, 2.24) is 15.0 Å². The second-order valence-electron chi connectivity index (χ2n) is 7.14. The lowest BCUT2D eigenvalue weighted by Crippen LogP contribution is -2.24. The van der Waals surface area contributed by atoms with E-state index in [9.17, 15) is 4.79 Å². The SMILES string of the molecule is Nc1ncc(-c2cccc(NC(=O)C3CCCCC3)c2)c(-c2cccnc2)n1. The molecule has 0 atom stereocenters. The molecule has 1 fully saturated rings. The second kappa shape index (κ2) is 8.17. The summed E-state index contributed by atoms with van der Waals surface area (Å²) >= 11 is 0. The Morgan fingerprint density at radius 1 is 1.04 bits per heavy atom. The zero-order valence-corrected chi connectivity index (χ0v) is 15.6. The molecular weight excluding hydrogens is 350 g/mol. The molecule has 0 saturated heterocycles. The van der Waals surface area contributed by atoms with Gasteiger partial charge in [0.2, 0.25) is 11.9 Å². The molecule has 0 aliphatic heterocycles. The lowest BCUT2D eigenvalue weighted by Gasteiger charge is -2.21. The number of nitrogens with two attached hydrogens (primary N) is 1. The number of hydrogen-bond acceptors (Lipinski definition) is 5. The van der Waals surface area contributed by atoms with Gasteiger partial charge in [-0.3, -0.25) is 9.78 Å². The number of benzene rings is 1. The predicted molar refractivity (Wildman–Crippen MR) is 110 cm³/mol. The van der Waals surface area contributed by atoms with Crippen LogP contribution in [0.1, 0.15) is 32.1 Å². The molecule has 1 amide bonds. The Morgan fingerprint density at radius 2 is 1.86 bits per heavy atom. The first-order valence-corrected chi connectivity index (χ1v) is 9.65. The zero-order chi connectivity index (χ0) is 19.3. The smallest absolute Gasteiger partial charge is 0.227 e. The van der Waals surface area contributed by atoms with Gasteiger partial charge in [0.1, 0.15) is 0 Å². The van der Waals surface area contributed by atoms with Crippen molar-refractivity contribution in [2.45, 2.75) is 32.1 Å². The highest BCUT2D eigenvalue weighted by Crippen LogP contribution is 2.32. The zero-order valence-electron chi connectivity index (χ0n) is 15.6. The quantitative estimate of drug-likeness (QED) is 0.711. The summed E-state index contributed by atoms with van der Waals surface area (Å²) < 4.78 is 0. The molecule has 28 heavy (non-hydrogen) atoms. The number of rotatable bonds is 4. The molecule has 1 aliphatic rings. The third-order valence-electron chi connectivity index (χ3n) is 5.16. The van der Waals surface area contributed by atoms with Crippen molar-refractivity contribution in [2.24, 2.45) is 5.92 Å². The normalized spacial score (nSPS) is 14.6. The van der Waals surface area contributed by atoms with E-state index in [1.807, 2.05) is 36.4 Å². The second-order valence-corrected chi connectivity index (χ2v) is 7.14. The Hall–Kier alpha value is -3.28. The topological polar surface area (TPSA) is 93.8 Å². The molecular formula is C22H23N5O. The third-order valence-corrected chi connectivity index (χ3v) is 5.16. The van der Waals surface area contributed by atoms with Crippen LogP contribution in [0.2, 0.25) is 0 Å². The molecule has 0 unspecified atom stereocenters. The molecule has 142 valence electrons. The van der Waals surface area contributed by atoms with Crippen LogP contribution in [0.25, 0.3) is 22.4 Å². The van der Waals surface area contributed by atoms with Gasteiger partial charge in [0.05, 0.1) is 5.69 Å². The minimum atomic E-state index is 0.109. The molecule has 4 rings (SSSR count). The van der Waals surface area contributed by atoms with E-state index < -0.39 is 0 Å². The van der Waals surface area contributed by atoms with Crippen LogP contribution in [-0.4, -0.2) is 20.9 Å². The Morgan fingerprint density at radius 3 is 2.64 bits per heavy atom. The van der Waals surface area contributed by atoms with Crippen molar-refractivity contribution < 1.29 is 4.79 Å². The van der Waals surface area contributed by atoms with Gasteiger partial charge in [-0.1, -0.05) is 31.4 Å². The van der Waals surface area contributed by atoms with E-state index in [0.717, 1.165) is 53.8 Å². The number of hydrogen-bond donors (Lipinski definition) is 2. The van der Waals surface area contributed by atoms with E-state index in [2.05, 4.69) is 20.3 Å². The number of nitrogens with one attached hydrogen (secondary N) is 1. The van der Waals surface area contributed by atoms with Gasteiger partial charge < -0.3 is 11.1 Å². The molecule has 2 aromatic heterocycles. The number of nitrogen functional groups attached to an aromatic ring is 1. The summed E-state index contributed by atoms with van der Waals surface area (Å²) in [6.07, 6.45) is 10.6. The molecule has 0 bridgehead atoms. The van der Waals surface area contributed by atoms with Gasteiger partial charge in [-0.05, 0) is 42.7 Å². The number of nitrogens with zero attached hydrogens (tertiary/aromatic N) is 3. The van der Waals surface area contributed by atoms with Crippen LogP contribution < -0.4 is 11.1 Å². The monoisotopic (exact) mass is 373 g/mol. The maximum atomic E-state index is 12.6. The number of carbonyl (C=O) groups excluding carboxylic acids is 1. The first kappa shape index (κ1) is 18.1.